The molecule has 0 unspecified atom stereocenters. The number of halogens is 3. The first-order valence-corrected chi connectivity index (χ1v) is 6.32. The van der Waals surface area contributed by atoms with Crippen molar-refractivity contribution in [2.24, 2.45) is 5.41 Å². The van der Waals surface area contributed by atoms with Gasteiger partial charge < -0.3 is 10.4 Å². The fourth-order valence-electron chi connectivity index (χ4n) is 2.68. The Balaban J connectivity index is 2.50. The van der Waals surface area contributed by atoms with Gasteiger partial charge in [-0.3, -0.25) is 9.59 Å². The average molecular weight is 281 g/mol. The third-order valence-electron chi connectivity index (χ3n) is 3.64. The van der Waals surface area contributed by atoms with Crippen molar-refractivity contribution in [1.29, 1.82) is 0 Å². The lowest BCUT2D eigenvalue weighted by Crippen LogP contribution is -2.39. The fraction of sp³-hybridized carbons (Fsp3) is 0.833. The van der Waals surface area contributed by atoms with E-state index in [9.17, 15) is 22.8 Å². The standard InChI is InChI=1S/C12H18F3NO3/c13-12(14,15)10(19)16-7-6-11(8-9(17)18)4-2-1-3-5-11/h1-8H2,(H,16,19)(H,17,18). The van der Waals surface area contributed by atoms with Crippen LogP contribution in [0, 0.1) is 5.41 Å². The molecule has 1 saturated carbocycles. The average Bonchev–Trinajstić information content (AvgIpc) is 2.27. The van der Waals surface area contributed by atoms with Gasteiger partial charge in [-0.05, 0) is 24.7 Å². The molecule has 0 radical (unpaired) electrons. The third kappa shape index (κ3) is 5.08. The van der Waals surface area contributed by atoms with Crippen molar-refractivity contribution in [1.82, 2.24) is 5.32 Å². The molecule has 0 saturated heterocycles. The van der Waals surface area contributed by atoms with Gasteiger partial charge in [0.05, 0.1) is 6.42 Å². The maximum absolute atomic E-state index is 12.0. The summed E-state index contributed by atoms with van der Waals surface area (Å²) in [4.78, 5) is 21.5. The van der Waals surface area contributed by atoms with E-state index >= 15 is 0 Å². The van der Waals surface area contributed by atoms with Gasteiger partial charge in [0.1, 0.15) is 0 Å². The van der Waals surface area contributed by atoms with Crippen LogP contribution in [-0.2, 0) is 9.59 Å². The molecule has 0 aromatic carbocycles. The number of aliphatic carboxylic acids is 1. The topological polar surface area (TPSA) is 66.4 Å². The molecule has 1 rings (SSSR count). The second-order valence-electron chi connectivity index (χ2n) is 5.13. The lowest BCUT2D eigenvalue weighted by atomic mass is 9.69. The second kappa shape index (κ2) is 6.25. The first-order valence-electron chi connectivity index (χ1n) is 6.32. The maximum atomic E-state index is 12.0. The highest BCUT2D eigenvalue weighted by Crippen LogP contribution is 2.42. The molecule has 0 atom stereocenters. The predicted molar refractivity (Wildman–Crippen MR) is 61.5 cm³/mol. The quantitative estimate of drug-likeness (QED) is 0.813. The van der Waals surface area contributed by atoms with Crippen LogP contribution < -0.4 is 5.32 Å². The van der Waals surface area contributed by atoms with E-state index in [0.717, 1.165) is 19.3 Å². The lowest BCUT2D eigenvalue weighted by molar-refractivity contribution is -0.173. The number of carbonyl (C=O) groups is 2. The minimum absolute atomic E-state index is 0.0467. The zero-order chi connectivity index (χ0) is 14.5. The molecule has 0 bridgehead atoms. The molecule has 0 spiro atoms. The molecule has 1 aliphatic carbocycles. The summed E-state index contributed by atoms with van der Waals surface area (Å²) in [6.07, 6.45) is -0.456. The van der Waals surface area contributed by atoms with Gasteiger partial charge in [-0.15, -0.1) is 0 Å². The van der Waals surface area contributed by atoms with Crippen molar-refractivity contribution in [3.8, 4) is 0 Å². The summed E-state index contributed by atoms with van der Waals surface area (Å²) in [5.41, 5.74) is -0.469. The Morgan fingerprint density at radius 1 is 1.16 bits per heavy atom. The van der Waals surface area contributed by atoms with Gasteiger partial charge in [0.15, 0.2) is 0 Å². The Labute approximate surface area is 109 Å². The molecule has 110 valence electrons. The number of carboxylic acid groups (broad SMARTS) is 1. The Bertz CT molecular complexity index is 336. The van der Waals surface area contributed by atoms with E-state index in [0.29, 0.717) is 12.8 Å². The number of carbonyl (C=O) groups excluding carboxylic acids is 1. The predicted octanol–water partition coefficient (Wildman–Crippen LogP) is 2.48. The molecule has 7 heteroatoms. The summed E-state index contributed by atoms with van der Waals surface area (Å²) in [6.45, 7) is -0.133. The highest BCUT2D eigenvalue weighted by molar-refractivity contribution is 5.81. The van der Waals surface area contributed by atoms with Crippen LogP contribution in [0.25, 0.3) is 0 Å². The third-order valence-corrected chi connectivity index (χ3v) is 3.64. The van der Waals surface area contributed by atoms with Crippen molar-refractivity contribution in [3.63, 3.8) is 0 Å². The zero-order valence-electron chi connectivity index (χ0n) is 10.6. The van der Waals surface area contributed by atoms with E-state index in [1.807, 2.05) is 5.32 Å². The lowest BCUT2D eigenvalue weighted by Gasteiger charge is -2.36. The largest absolute Gasteiger partial charge is 0.481 e. The summed E-state index contributed by atoms with van der Waals surface area (Å²) in [7, 11) is 0. The molecule has 2 N–H and O–H groups in total. The van der Waals surface area contributed by atoms with Crippen LogP contribution in [0.3, 0.4) is 0 Å². The van der Waals surface area contributed by atoms with E-state index < -0.39 is 23.5 Å². The summed E-state index contributed by atoms with van der Waals surface area (Å²) in [6, 6.07) is 0. The van der Waals surface area contributed by atoms with Gasteiger partial charge in [0, 0.05) is 6.54 Å². The van der Waals surface area contributed by atoms with E-state index in [1.54, 1.807) is 0 Å². The first kappa shape index (κ1) is 15.8. The number of alkyl halides is 3. The molecule has 1 fully saturated rings. The summed E-state index contributed by atoms with van der Waals surface area (Å²) in [5, 5.41) is 10.7. The van der Waals surface area contributed by atoms with Gasteiger partial charge in [0.25, 0.3) is 0 Å². The van der Waals surface area contributed by atoms with Gasteiger partial charge in [-0.1, -0.05) is 19.3 Å². The number of rotatable bonds is 5. The van der Waals surface area contributed by atoms with Gasteiger partial charge in [-0.2, -0.15) is 13.2 Å². The summed E-state index contributed by atoms with van der Waals surface area (Å²) < 4.78 is 36.0. The maximum Gasteiger partial charge on any atom is 0.471 e. The number of hydrogen-bond acceptors (Lipinski definition) is 2. The number of hydrogen-bond donors (Lipinski definition) is 2. The number of carboxylic acids is 1. The van der Waals surface area contributed by atoms with Crippen molar-refractivity contribution in [2.75, 3.05) is 6.54 Å². The van der Waals surface area contributed by atoms with Crippen molar-refractivity contribution >= 4 is 11.9 Å². The molecule has 1 aliphatic rings. The van der Waals surface area contributed by atoms with Crippen LogP contribution >= 0.6 is 0 Å². The Morgan fingerprint density at radius 2 is 1.74 bits per heavy atom. The van der Waals surface area contributed by atoms with Crippen molar-refractivity contribution in [3.05, 3.63) is 0 Å². The summed E-state index contributed by atoms with van der Waals surface area (Å²) >= 11 is 0. The zero-order valence-corrected chi connectivity index (χ0v) is 10.6. The van der Waals surface area contributed by atoms with Crippen LogP contribution in [0.4, 0.5) is 13.2 Å². The monoisotopic (exact) mass is 281 g/mol. The van der Waals surface area contributed by atoms with Crippen LogP contribution in [0.15, 0.2) is 0 Å². The van der Waals surface area contributed by atoms with Gasteiger partial charge >= 0.3 is 18.1 Å². The Kier molecular flexibility index (Phi) is 5.20. The van der Waals surface area contributed by atoms with Crippen LogP contribution in [0.5, 0.6) is 0 Å². The summed E-state index contributed by atoms with van der Waals surface area (Å²) in [5.74, 6) is -2.90. The van der Waals surface area contributed by atoms with Crippen LogP contribution in [-0.4, -0.2) is 29.7 Å². The molecular formula is C12H18F3NO3. The van der Waals surface area contributed by atoms with Gasteiger partial charge in [-0.25, -0.2) is 0 Å². The molecule has 4 nitrogen and oxygen atoms in total. The van der Waals surface area contributed by atoms with Crippen molar-refractivity contribution < 1.29 is 27.9 Å². The highest BCUT2D eigenvalue weighted by Gasteiger charge is 2.39. The van der Waals surface area contributed by atoms with E-state index in [1.165, 1.54) is 0 Å². The van der Waals surface area contributed by atoms with Gasteiger partial charge in [0.2, 0.25) is 0 Å². The van der Waals surface area contributed by atoms with E-state index in [-0.39, 0.29) is 19.4 Å². The Hall–Kier alpha value is -1.27. The minimum atomic E-state index is -4.88. The van der Waals surface area contributed by atoms with E-state index in [4.69, 9.17) is 5.11 Å². The van der Waals surface area contributed by atoms with E-state index in [2.05, 4.69) is 0 Å². The molecular weight excluding hydrogens is 263 g/mol. The molecule has 0 aromatic heterocycles. The van der Waals surface area contributed by atoms with Crippen molar-refractivity contribution in [2.45, 2.75) is 51.1 Å². The Morgan fingerprint density at radius 3 is 2.21 bits per heavy atom. The van der Waals surface area contributed by atoms with Crippen LogP contribution in [0.1, 0.15) is 44.9 Å². The molecule has 19 heavy (non-hydrogen) atoms. The molecule has 0 heterocycles. The number of nitrogens with one attached hydrogen (secondary N) is 1. The minimum Gasteiger partial charge on any atom is -0.481 e. The van der Waals surface area contributed by atoms with Crippen LogP contribution in [0.2, 0.25) is 0 Å². The smallest absolute Gasteiger partial charge is 0.471 e. The number of amides is 1. The molecule has 0 aliphatic heterocycles. The molecule has 0 aromatic rings. The second-order valence-corrected chi connectivity index (χ2v) is 5.13. The first-order chi connectivity index (χ1) is 8.75. The SMILES string of the molecule is O=C(O)CC1(CCNC(=O)C(F)(F)F)CCCCC1. The fourth-order valence-corrected chi connectivity index (χ4v) is 2.68. The highest BCUT2D eigenvalue weighted by atomic mass is 19.4. The normalized spacial score (nSPS) is 18.9. The molecule has 1 amide bonds.